The van der Waals surface area contributed by atoms with E-state index in [2.05, 4.69) is 5.32 Å². The number of para-hydroxylation sites is 1. The lowest BCUT2D eigenvalue weighted by Crippen LogP contribution is -2.30. The molecule has 98 valence electrons. The third kappa shape index (κ3) is 3.62. The van der Waals surface area contributed by atoms with Gasteiger partial charge in [-0.25, -0.2) is 0 Å². The Hall–Kier alpha value is -1.26. The molecular formula is C13H17ClN2O2. The zero-order chi connectivity index (χ0) is 13.0. The van der Waals surface area contributed by atoms with Crippen molar-refractivity contribution < 1.29 is 9.53 Å². The van der Waals surface area contributed by atoms with Gasteiger partial charge < -0.3 is 15.8 Å². The van der Waals surface area contributed by atoms with Gasteiger partial charge in [-0.3, -0.25) is 4.79 Å². The zero-order valence-electron chi connectivity index (χ0n) is 10.1. The Bertz CT molecular complexity index is 433. The van der Waals surface area contributed by atoms with Crippen LogP contribution in [0, 0.1) is 5.92 Å². The summed E-state index contributed by atoms with van der Waals surface area (Å²) in [4.78, 5) is 11.5. The van der Waals surface area contributed by atoms with Crippen molar-refractivity contribution in [3.63, 3.8) is 0 Å². The van der Waals surface area contributed by atoms with Crippen LogP contribution in [0.1, 0.15) is 18.4 Å². The van der Waals surface area contributed by atoms with E-state index in [0.29, 0.717) is 23.2 Å². The van der Waals surface area contributed by atoms with Gasteiger partial charge in [0.2, 0.25) is 0 Å². The van der Waals surface area contributed by atoms with Crippen molar-refractivity contribution in [3.8, 4) is 5.75 Å². The maximum absolute atomic E-state index is 11.5. The molecule has 1 aliphatic carbocycles. The molecule has 1 saturated carbocycles. The highest BCUT2D eigenvalue weighted by atomic mass is 35.5. The van der Waals surface area contributed by atoms with Crippen LogP contribution in [0.4, 0.5) is 0 Å². The lowest BCUT2D eigenvalue weighted by atomic mass is 10.2. The average Bonchev–Trinajstić information content (AvgIpc) is 3.18. The summed E-state index contributed by atoms with van der Waals surface area (Å²) >= 11 is 6.02. The van der Waals surface area contributed by atoms with Gasteiger partial charge in [0.05, 0.1) is 5.02 Å². The van der Waals surface area contributed by atoms with Gasteiger partial charge in [-0.05, 0) is 24.8 Å². The first-order valence-corrected chi connectivity index (χ1v) is 6.45. The van der Waals surface area contributed by atoms with Crippen LogP contribution in [-0.4, -0.2) is 19.1 Å². The lowest BCUT2D eigenvalue weighted by molar-refractivity contribution is -0.123. The molecule has 0 bridgehead atoms. The molecule has 0 radical (unpaired) electrons. The van der Waals surface area contributed by atoms with E-state index >= 15 is 0 Å². The molecule has 0 heterocycles. The molecule has 0 unspecified atom stereocenters. The summed E-state index contributed by atoms with van der Waals surface area (Å²) < 4.78 is 5.45. The van der Waals surface area contributed by atoms with Gasteiger partial charge in [0.25, 0.3) is 5.91 Å². The highest BCUT2D eigenvalue weighted by Gasteiger charge is 2.21. The highest BCUT2D eigenvalue weighted by Crippen LogP contribution is 2.29. The molecular weight excluding hydrogens is 252 g/mol. The second-order valence-electron chi connectivity index (χ2n) is 4.47. The van der Waals surface area contributed by atoms with Crippen molar-refractivity contribution in [2.45, 2.75) is 19.4 Å². The van der Waals surface area contributed by atoms with E-state index in [1.54, 1.807) is 6.07 Å². The predicted octanol–water partition coefficient (Wildman–Crippen LogP) is 1.70. The topological polar surface area (TPSA) is 64.3 Å². The fraction of sp³-hybridized carbons (Fsp3) is 0.462. The summed E-state index contributed by atoms with van der Waals surface area (Å²) in [7, 11) is 0. The third-order valence-corrected chi connectivity index (χ3v) is 3.20. The minimum absolute atomic E-state index is 0.0244. The van der Waals surface area contributed by atoms with Crippen molar-refractivity contribution in [1.29, 1.82) is 0 Å². The van der Waals surface area contributed by atoms with Gasteiger partial charge in [0.15, 0.2) is 6.61 Å². The Morgan fingerprint density at radius 3 is 2.94 bits per heavy atom. The van der Waals surface area contributed by atoms with Gasteiger partial charge in [-0.1, -0.05) is 23.7 Å². The minimum Gasteiger partial charge on any atom is -0.482 e. The summed E-state index contributed by atoms with van der Waals surface area (Å²) in [5, 5.41) is 3.31. The van der Waals surface area contributed by atoms with Crippen LogP contribution in [-0.2, 0) is 11.3 Å². The largest absolute Gasteiger partial charge is 0.482 e. The molecule has 0 aromatic heterocycles. The molecule has 1 fully saturated rings. The molecule has 0 spiro atoms. The lowest BCUT2D eigenvalue weighted by Gasteiger charge is -2.12. The number of rotatable bonds is 6. The SMILES string of the molecule is NCc1cccc(Cl)c1OCC(=O)NCC1CC1. The van der Waals surface area contributed by atoms with E-state index in [-0.39, 0.29) is 12.5 Å². The van der Waals surface area contributed by atoms with Crippen molar-refractivity contribution in [2.75, 3.05) is 13.2 Å². The van der Waals surface area contributed by atoms with E-state index < -0.39 is 0 Å². The summed E-state index contributed by atoms with van der Waals surface area (Å²) in [5.41, 5.74) is 6.40. The van der Waals surface area contributed by atoms with Gasteiger partial charge in [-0.15, -0.1) is 0 Å². The van der Waals surface area contributed by atoms with Crippen molar-refractivity contribution in [2.24, 2.45) is 11.7 Å². The Kier molecular flexibility index (Phi) is 4.44. The predicted molar refractivity (Wildman–Crippen MR) is 70.6 cm³/mol. The van der Waals surface area contributed by atoms with Gasteiger partial charge in [0, 0.05) is 18.7 Å². The molecule has 1 amide bonds. The number of carbonyl (C=O) groups excluding carboxylic acids is 1. The van der Waals surface area contributed by atoms with Crippen LogP contribution in [0.3, 0.4) is 0 Å². The van der Waals surface area contributed by atoms with E-state index in [1.165, 1.54) is 12.8 Å². The maximum Gasteiger partial charge on any atom is 0.257 e. The number of hydrogen-bond donors (Lipinski definition) is 2. The van der Waals surface area contributed by atoms with E-state index in [0.717, 1.165) is 12.1 Å². The maximum atomic E-state index is 11.5. The second-order valence-corrected chi connectivity index (χ2v) is 4.88. The van der Waals surface area contributed by atoms with Crippen molar-refractivity contribution in [1.82, 2.24) is 5.32 Å². The van der Waals surface area contributed by atoms with E-state index in [9.17, 15) is 4.79 Å². The fourth-order valence-corrected chi connectivity index (χ4v) is 1.89. The number of carbonyl (C=O) groups is 1. The number of amides is 1. The van der Waals surface area contributed by atoms with Crippen LogP contribution < -0.4 is 15.8 Å². The first kappa shape index (κ1) is 13.2. The number of ether oxygens (including phenoxy) is 1. The number of nitrogens with two attached hydrogens (primary N) is 1. The number of halogens is 1. The van der Waals surface area contributed by atoms with E-state index in [1.807, 2.05) is 12.1 Å². The molecule has 5 heteroatoms. The Morgan fingerprint density at radius 2 is 2.28 bits per heavy atom. The second kappa shape index (κ2) is 6.07. The molecule has 0 aliphatic heterocycles. The summed E-state index contributed by atoms with van der Waals surface area (Å²) in [6.07, 6.45) is 2.42. The smallest absolute Gasteiger partial charge is 0.257 e. The van der Waals surface area contributed by atoms with Gasteiger partial charge in [-0.2, -0.15) is 0 Å². The standard InChI is InChI=1S/C13H17ClN2O2/c14-11-3-1-2-10(6-15)13(11)18-8-12(17)16-7-9-4-5-9/h1-3,9H,4-8,15H2,(H,16,17). The van der Waals surface area contributed by atoms with Crippen LogP contribution in [0.25, 0.3) is 0 Å². The Balaban J connectivity index is 1.86. The molecule has 1 aromatic rings. The molecule has 1 aromatic carbocycles. The Labute approximate surface area is 111 Å². The summed E-state index contributed by atoms with van der Waals surface area (Å²) in [6.45, 7) is 1.05. The molecule has 18 heavy (non-hydrogen) atoms. The number of nitrogens with one attached hydrogen (secondary N) is 1. The molecule has 2 rings (SSSR count). The number of hydrogen-bond acceptors (Lipinski definition) is 3. The third-order valence-electron chi connectivity index (χ3n) is 2.90. The molecule has 0 atom stereocenters. The quantitative estimate of drug-likeness (QED) is 0.825. The van der Waals surface area contributed by atoms with Crippen LogP contribution in [0.2, 0.25) is 5.02 Å². The normalized spacial score (nSPS) is 14.3. The molecule has 4 nitrogen and oxygen atoms in total. The first-order chi connectivity index (χ1) is 8.70. The van der Waals surface area contributed by atoms with E-state index in [4.69, 9.17) is 22.1 Å². The van der Waals surface area contributed by atoms with Gasteiger partial charge >= 0.3 is 0 Å². The van der Waals surface area contributed by atoms with Crippen molar-refractivity contribution >= 4 is 17.5 Å². The Morgan fingerprint density at radius 1 is 1.50 bits per heavy atom. The zero-order valence-corrected chi connectivity index (χ0v) is 10.9. The highest BCUT2D eigenvalue weighted by molar-refractivity contribution is 6.32. The first-order valence-electron chi connectivity index (χ1n) is 6.07. The van der Waals surface area contributed by atoms with Gasteiger partial charge in [0.1, 0.15) is 5.75 Å². The molecule has 1 aliphatic rings. The van der Waals surface area contributed by atoms with Crippen molar-refractivity contribution in [3.05, 3.63) is 28.8 Å². The fourth-order valence-electron chi connectivity index (χ4n) is 1.64. The average molecular weight is 269 g/mol. The van der Waals surface area contributed by atoms with Crippen LogP contribution in [0.15, 0.2) is 18.2 Å². The minimum atomic E-state index is -0.121. The molecule has 0 saturated heterocycles. The van der Waals surface area contributed by atoms with Crippen LogP contribution in [0.5, 0.6) is 5.75 Å². The van der Waals surface area contributed by atoms with Crippen LogP contribution >= 0.6 is 11.6 Å². The summed E-state index contributed by atoms with van der Waals surface area (Å²) in [5.74, 6) is 1.04. The molecule has 3 N–H and O–H groups in total. The summed E-state index contributed by atoms with van der Waals surface area (Å²) in [6, 6.07) is 5.37. The number of benzene rings is 1. The monoisotopic (exact) mass is 268 g/mol.